The molecule has 0 N–H and O–H groups in total. The summed E-state index contributed by atoms with van der Waals surface area (Å²) in [5, 5.41) is 10.2. The summed E-state index contributed by atoms with van der Waals surface area (Å²) in [4.78, 5) is 0. The summed E-state index contributed by atoms with van der Waals surface area (Å²) >= 11 is 0. The van der Waals surface area contributed by atoms with Gasteiger partial charge in [-0.3, -0.25) is 0 Å². The number of aromatic nitrogens is 1. The number of para-hydroxylation sites is 1. The van der Waals surface area contributed by atoms with Crippen LogP contribution in [0.25, 0.3) is 10.9 Å². The Hall–Kier alpha value is -1.75. The molecule has 2 rings (SSSR count). The highest BCUT2D eigenvalue weighted by Gasteiger charge is 2.16. The zero-order chi connectivity index (χ0) is 11.0. The van der Waals surface area contributed by atoms with Crippen LogP contribution in [0.2, 0.25) is 0 Å². The van der Waals surface area contributed by atoms with E-state index in [0.717, 1.165) is 5.56 Å². The van der Waals surface area contributed by atoms with E-state index in [-0.39, 0.29) is 5.92 Å². The molecule has 76 valence electrons. The molecule has 0 saturated carbocycles. The molecule has 0 saturated heterocycles. The van der Waals surface area contributed by atoms with E-state index in [4.69, 9.17) is 5.26 Å². The molecule has 2 aromatic rings. The third-order valence-electron chi connectivity index (χ3n) is 3.08. The number of rotatable bonds is 1. The molecule has 1 atom stereocenters. The third kappa shape index (κ3) is 1.32. The minimum Gasteiger partial charge on any atom is -0.348 e. The molecule has 0 radical (unpaired) electrons. The Morgan fingerprint density at radius 2 is 2.00 bits per heavy atom. The van der Waals surface area contributed by atoms with Crippen molar-refractivity contribution in [2.45, 2.75) is 19.8 Å². The quantitative estimate of drug-likeness (QED) is 0.692. The second-order valence-corrected chi connectivity index (χ2v) is 3.93. The van der Waals surface area contributed by atoms with Gasteiger partial charge in [-0.25, -0.2) is 0 Å². The van der Waals surface area contributed by atoms with Crippen LogP contribution >= 0.6 is 0 Å². The first kappa shape index (κ1) is 9.79. The average molecular weight is 198 g/mol. The number of fused-ring (bicyclic) bond motifs is 1. The van der Waals surface area contributed by atoms with Gasteiger partial charge < -0.3 is 4.57 Å². The molecule has 0 aliphatic rings. The first-order valence-corrected chi connectivity index (χ1v) is 5.10. The Morgan fingerprint density at radius 1 is 1.33 bits per heavy atom. The zero-order valence-electron chi connectivity index (χ0n) is 9.28. The van der Waals surface area contributed by atoms with Gasteiger partial charge in [-0.2, -0.15) is 5.26 Å². The van der Waals surface area contributed by atoms with Gasteiger partial charge in [0.2, 0.25) is 0 Å². The van der Waals surface area contributed by atoms with Gasteiger partial charge in [0.05, 0.1) is 12.0 Å². The second kappa shape index (κ2) is 3.43. The van der Waals surface area contributed by atoms with Crippen molar-refractivity contribution in [3.8, 4) is 6.07 Å². The van der Waals surface area contributed by atoms with Gasteiger partial charge in [-0.15, -0.1) is 0 Å². The number of hydrogen-bond acceptors (Lipinski definition) is 1. The monoisotopic (exact) mass is 198 g/mol. The number of nitrogens with zero attached hydrogens (tertiary/aromatic N) is 2. The van der Waals surface area contributed by atoms with E-state index in [1.807, 2.05) is 26.1 Å². The molecule has 0 aliphatic carbocycles. The molecule has 2 nitrogen and oxygen atoms in total. The SMILES string of the molecule is Cc1c(C(C)C#N)c2ccccc2n1C. The largest absolute Gasteiger partial charge is 0.348 e. The number of hydrogen-bond donors (Lipinski definition) is 0. The van der Waals surface area contributed by atoms with Gasteiger partial charge in [0.15, 0.2) is 0 Å². The molecule has 2 heteroatoms. The van der Waals surface area contributed by atoms with Crippen LogP contribution in [0.1, 0.15) is 24.1 Å². The minimum absolute atomic E-state index is 0.0453. The molecule has 1 aromatic carbocycles. The lowest BCUT2D eigenvalue weighted by atomic mass is 9.99. The topological polar surface area (TPSA) is 28.7 Å². The van der Waals surface area contributed by atoms with Crippen LogP contribution in [0, 0.1) is 18.3 Å². The highest BCUT2D eigenvalue weighted by Crippen LogP contribution is 2.30. The van der Waals surface area contributed by atoms with Crippen LogP contribution in [0.3, 0.4) is 0 Å². The van der Waals surface area contributed by atoms with E-state index in [0.29, 0.717) is 0 Å². The summed E-state index contributed by atoms with van der Waals surface area (Å²) < 4.78 is 2.15. The third-order valence-corrected chi connectivity index (χ3v) is 3.08. The van der Waals surface area contributed by atoms with E-state index in [9.17, 15) is 0 Å². The number of nitriles is 1. The summed E-state index contributed by atoms with van der Waals surface area (Å²) in [5.74, 6) is -0.0453. The predicted molar refractivity (Wildman–Crippen MR) is 61.7 cm³/mol. The molecule has 1 aromatic heterocycles. The Labute approximate surface area is 89.7 Å². The number of aryl methyl sites for hydroxylation is 1. The average Bonchev–Trinajstić information content (AvgIpc) is 2.52. The van der Waals surface area contributed by atoms with Gasteiger partial charge in [-0.1, -0.05) is 18.2 Å². The molecule has 1 heterocycles. The van der Waals surface area contributed by atoms with Crippen LogP contribution in [0.4, 0.5) is 0 Å². The van der Waals surface area contributed by atoms with Gasteiger partial charge in [0, 0.05) is 23.6 Å². The first-order chi connectivity index (χ1) is 7.16. The molecular formula is C13H14N2. The smallest absolute Gasteiger partial charge is 0.0708 e. The summed E-state index contributed by atoms with van der Waals surface area (Å²) in [7, 11) is 2.05. The van der Waals surface area contributed by atoms with Crippen molar-refractivity contribution in [3.05, 3.63) is 35.5 Å². The fraction of sp³-hybridized carbons (Fsp3) is 0.308. The van der Waals surface area contributed by atoms with E-state index in [1.54, 1.807) is 0 Å². The van der Waals surface area contributed by atoms with E-state index >= 15 is 0 Å². The molecule has 0 aliphatic heterocycles. The fourth-order valence-electron chi connectivity index (χ4n) is 2.16. The van der Waals surface area contributed by atoms with Crippen LogP contribution < -0.4 is 0 Å². The summed E-state index contributed by atoms with van der Waals surface area (Å²) in [6.45, 7) is 4.03. The Bertz CT molecular complexity index is 543. The van der Waals surface area contributed by atoms with Crippen molar-refractivity contribution in [1.29, 1.82) is 5.26 Å². The normalized spacial score (nSPS) is 12.7. The highest BCUT2D eigenvalue weighted by atomic mass is 14.9. The standard InChI is InChI=1S/C13H14N2/c1-9(8-14)13-10(2)15(3)12-7-5-4-6-11(12)13/h4-7,9H,1-3H3. The van der Waals surface area contributed by atoms with Crippen molar-refractivity contribution in [3.63, 3.8) is 0 Å². The van der Waals surface area contributed by atoms with Gasteiger partial charge >= 0.3 is 0 Å². The van der Waals surface area contributed by atoms with Crippen molar-refractivity contribution < 1.29 is 0 Å². The fourth-order valence-corrected chi connectivity index (χ4v) is 2.16. The van der Waals surface area contributed by atoms with Gasteiger partial charge in [0.1, 0.15) is 0 Å². The zero-order valence-corrected chi connectivity index (χ0v) is 9.28. The Morgan fingerprint density at radius 3 is 2.67 bits per heavy atom. The molecule has 0 spiro atoms. The van der Waals surface area contributed by atoms with Crippen LogP contribution in [-0.2, 0) is 7.05 Å². The Balaban J connectivity index is 2.85. The minimum atomic E-state index is -0.0453. The van der Waals surface area contributed by atoms with E-state index in [2.05, 4.69) is 29.7 Å². The molecule has 1 unspecified atom stereocenters. The Kier molecular flexibility index (Phi) is 2.24. The van der Waals surface area contributed by atoms with Gasteiger partial charge in [-0.05, 0) is 25.5 Å². The van der Waals surface area contributed by atoms with Crippen LogP contribution in [0.5, 0.6) is 0 Å². The molecule has 0 amide bonds. The van der Waals surface area contributed by atoms with E-state index in [1.165, 1.54) is 16.6 Å². The van der Waals surface area contributed by atoms with E-state index < -0.39 is 0 Å². The maximum Gasteiger partial charge on any atom is 0.0708 e. The summed E-state index contributed by atoms with van der Waals surface area (Å²) in [6.07, 6.45) is 0. The molecular weight excluding hydrogens is 184 g/mol. The molecule has 15 heavy (non-hydrogen) atoms. The lowest BCUT2D eigenvalue weighted by Gasteiger charge is -2.03. The maximum absolute atomic E-state index is 9.02. The van der Waals surface area contributed by atoms with Crippen molar-refractivity contribution in [2.75, 3.05) is 0 Å². The maximum atomic E-state index is 9.02. The predicted octanol–water partition coefficient (Wildman–Crippen LogP) is 3.11. The van der Waals surface area contributed by atoms with Crippen molar-refractivity contribution in [2.24, 2.45) is 7.05 Å². The van der Waals surface area contributed by atoms with Gasteiger partial charge in [0.25, 0.3) is 0 Å². The highest BCUT2D eigenvalue weighted by molar-refractivity contribution is 5.86. The van der Waals surface area contributed by atoms with Crippen molar-refractivity contribution >= 4 is 10.9 Å². The summed E-state index contributed by atoms with van der Waals surface area (Å²) in [5.41, 5.74) is 3.55. The second-order valence-electron chi connectivity index (χ2n) is 3.93. The number of benzene rings is 1. The first-order valence-electron chi connectivity index (χ1n) is 5.10. The van der Waals surface area contributed by atoms with Crippen LogP contribution in [-0.4, -0.2) is 4.57 Å². The summed E-state index contributed by atoms with van der Waals surface area (Å²) in [6, 6.07) is 10.5. The van der Waals surface area contributed by atoms with Crippen LogP contribution in [0.15, 0.2) is 24.3 Å². The lowest BCUT2D eigenvalue weighted by molar-refractivity contribution is 0.878. The molecule has 0 bridgehead atoms. The molecule has 0 fully saturated rings. The van der Waals surface area contributed by atoms with Crippen molar-refractivity contribution in [1.82, 2.24) is 4.57 Å². The lowest BCUT2D eigenvalue weighted by Crippen LogP contribution is -1.94.